The summed E-state index contributed by atoms with van der Waals surface area (Å²) in [6.07, 6.45) is 2.66. The molecule has 0 amide bonds. The monoisotopic (exact) mass is 227 g/mol. The highest BCUT2D eigenvalue weighted by Gasteiger charge is 2.41. The van der Waals surface area contributed by atoms with Crippen LogP contribution in [0.15, 0.2) is 12.1 Å². The van der Waals surface area contributed by atoms with Crippen molar-refractivity contribution in [3.63, 3.8) is 0 Å². The number of hydrogen-bond donors (Lipinski definition) is 1. The molecule has 1 aromatic rings. The van der Waals surface area contributed by atoms with Gasteiger partial charge in [0.25, 0.3) is 0 Å². The van der Waals surface area contributed by atoms with Crippen LogP contribution in [-0.2, 0) is 6.42 Å². The SMILES string of the molecule is CNC1(Cc2cc(F)cc(F)c2OC)CC1. The predicted molar refractivity (Wildman–Crippen MR) is 57.6 cm³/mol. The Morgan fingerprint density at radius 3 is 2.56 bits per heavy atom. The van der Waals surface area contributed by atoms with Gasteiger partial charge in [0.05, 0.1) is 7.11 Å². The minimum atomic E-state index is -0.635. The molecular weight excluding hydrogens is 212 g/mol. The van der Waals surface area contributed by atoms with Crippen LogP contribution in [-0.4, -0.2) is 19.7 Å². The Balaban J connectivity index is 2.31. The molecule has 1 saturated carbocycles. The molecule has 0 saturated heterocycles. The first-order valence-corrected chi connectivity index (χ1v) is 5.31. The Bertz CT molecular complexity index is 402. The normalized spacial score (nSPS) is 17.2. The van der Waals surface area contributed by atoms with E-state index in [0.717, 1.165) is 18.9 Å². The average molecular weight is 227 g/mol. The van der Waals surface area contributed by atoms with Crippen LogP contribution in [0.4, 0.5) is 8.78 Å². The van der Waals surface area contributed by atoms with Crippen LogP contribution in [0, 0.1) is 11.6 Å². The van der Waals surface area contributed by atoms with Crippen molar-refractivity contribution < 1.29 is 13.5 Å². The molecule has 1 aliphatic rings. The van der Waals surface area contributed by atoms with Crippen molar-refractivity contribution in [3.05, 3.63) is 29.3 Å². The Morgan fingerprint density at radius 1 is 1.38 bits per heavy atom. The summed E-state index contributed by atoms with van der Waals surface area (Å²) in [5.41, 5.74) is 0.597. The lowest BCUT2D eigenvalue weighted by molar-refractivity contribution is 0.374. The molecule has 0 aromatic heterocycles. The van der Waals surface area contributed by atoms with Crippen LogP contribution in [0.25, 0.3) is 0 Å². The Labute approximate surface area is 93.6 Å². The van der Waals surface area contributed by atoms with E-state index in [9.17, 15) is 8.78 Å². The maximum Gasteiger partial charge on any atom is 0.168 e. The van der Waals surface area contributed by atoms with Gasteiger partial charge in [-0.05, 0) is 32.4 Å². The summed E-state index contributed by atoms with van der Waals surface area (Å²) in [5.74, 6) is -1.03. The minimum Gasteiger partial charge on any atom is -0.493 e. The molecule has 1 fully saturated rings. The van der Waals surface area contributed by atoms with E-state index in [1.54, 1.807) is 0 Å². The van der Waals surface area contributed by atoms with E-state index in [1.807, 2.05) is 7.05 Å². The van der Waals surface area contributed by atoms with Crippen LogP contribution in [0.2, 0.25) is 0 Å². The molecule has 0 radical (unpaired) electrons. The number of ether oxygens (including phenoxy) is 1. The summed E-state index contributed by atoms with van der Waals surface area (Å²) in [6, 6.07) is 2.20. The number of hydrogen-bond acceptors (Lipinski definition) is 2. The van der Waals surface area contributed by atoms with Crippen molar-refractivity contribution in [2.75, 3.05) is 14.2 Å². The van der Waals surface area contributed by atoms with Crippen molar-refractivity contribution in [1.82, 2.24) is 5.32 Å². The van der Waals surface area contributed by atoms with Gasteiger partial charge in [-0.25, -0.2) is 8.78 Å². The van der Waals surface area contributed by atoms with Crippen molar-refractivity contribution >= 4 is 0 Å². The van der Waals surface area contributed by atoms with Crippen LogP contribution in [0.3, 0.4) is 0 Å². The second-order valence-corrected chi connectivity index (χ2v) is 4.29. The van der Waals surface area contributed by atoms with Gasteiger partial charge in [0.1, 0.15) is 5.82 Å². The molecular formula is C12H15F2NO. The molecule has 2 rings (SSSR count). The highest BCUT2D eigenvalue weighted by Crippen LogP contribution is 2.40. The fraction of sp³-hybridized carbons (Fsp3) is 0.500. The third-order valence-corrected chi connectivity index (χ3v) is 3.20. The maximum atomic E-state index is 13.4. The first-order chi connectivity index (χ1) is 7.60. The number of likely N-dealkylation sites (N-methyl/N-ethyl adjacent to an activating group) is 1. The second kappa shape index (κ2) is 4.01. The first kappa shape index (κ1) is 11.3. The van der Waals surface area contributed by atoms with Crippen LogP contribution in [0.5, 0.6) is 5.75 Å². The second-order valence-electron chi connectivity index (χ2n) is 4.29. The molecule has 0 atom stereocenters. The Morgan fingerprint density at radius 2 is 2.06 bits per heavy atom. The number of benzene rings is 1. The molecule has 16 heavy (non-hydrogen) atoms. The first-order valence-electron chi connectivity index (χ1n) is 5.31. The van der Waals surface area contributed by atoms with Gasteiger partial charge < -0.3 is 10.1 Å². The summed E-state index contributed by atoms with van der Waals surface area (Å²) >= 11 is 0. The van der Waals surface area contributed by atoms with E-state index < -0.39 is 11.6 Å². The average Bonchev–Trinajstić information content (AvgIpc) is 2.98. The van der Waals surface area contributed by atoms with E-state index in [4.69, 9.17) is 4.74 Å². The molecule has 1 aliphatic carbocycles. The van der Waals surface area contributed by atoms with Crippen LogP contribution < -0.4 is 10.1 Å². The summed E-state index contributed by atoms with van der Waals surface area (Å²) < 4.78 is 31.5. The topological polar surface area (TPSA) is 21.3 Å². The largest absolute Gasteiger partial charge is 0.493 e. The lowest BCUT2D eigenvalue weighted by atomic mass is 10.0. The van der Waals surface area contributed by atoms with Crippen molar-refractivity contribution in [2.24, 2.45) is 0 Å². The van der Waals surface area contributed by atoms with E-state index in [1.165, 1.54) is 13.2 Å². The highest BCUT2D eigenvalue weighted by atomic mass is 19.1. The minimum absolute atomic E-state index is 0.00745. The number of methoxy groups -OCH3 is 1. The number of nitrogens with one attached hydrogen (secondary N) is 1. The number of halogens is 2. The summed E-state index contributed by atoms with van der Waals surface area (Å²) in [6.45, 7) is 0. The van der Waals surface area contributed by atoms with Crippen molar-refractivity contribution in [2.45, 2.75) is 24.8 Å². The van der Waals surface area contributed by atoms with Gasteiger partial charge in [-0.3, -0.25) is 0 Å². The van der Waals surface area contributed by atoms with Gasteiger partial charge in [-0.1, -0.05) is 0 Å². The van der Waals surface area contributed by atoms with Gasteiger partial charge in [-0.15, -0.1) is 0 Å². The molecule has 0 heterocycles. The zero-order valence-electron chi connectivity index (χ0n) is 9.44. The Kier molecular flexibility index (Phi) is 2.84. The summed E-state index contributed by atoms with van der Waals surface area (Å²) in [5, 5.41) is 3.19. The fourth-order valence-corrected chi connectivity index (χ4v) is 2.00. The number of rotatable bonds is 4. The Hall–Kier alpha value is -1.16. The third kappa shape index (κ3) is 2.02. The predicted octanol–water partition coefficient (Wildman–Crippen LogP) is 2.27. The summed E-state index contributed by atoms with van der Waals surface area (Å²) in [4.78, 5) is 0. The van der Waals surface area contributed by atoms with E-state index in [-0.39, 0.29) is 11.3 Å². The zero-order chi connectivity index (χ0) is 11.8. The molecule has 4 heteroatoms. The van der Waals surface area contributed by atoms with E-state index >= 15 is 0 Å². The van der Waals surface area contributed by atoms with Crippen molar-refractivity contribution in [3.8, 4) is 5.75 Å². The fourth-order valence-electron chi connectivity index (χ4n) is 2.00. The quantitative estimate of drug-likeness (QED) is 0.852. The molecule has 2 nitrogen and oxygen atoms in total. The maximum absolute atomic E-state index is 13.4. The molecule has 0 spiro atoms. The van der Waals surface area contributed by atoms with Gasteiger partial charge in [-0.2, -0.15) is 0 Å². The molecule has 88 valence electrons. The van der Waals surface area contributed by atoms with E-state index in [2.05, 4.69) is 5.32 Å². The standard InChI is InChI=1S/C12H15F2NO/c1-15-12(3-4-12)7-8-5-9(13)6-10(14)11(8)16-2/h5-6,15H,3-4,7H2,1-2H3. The molecule has 1 aromatic carbocycles. The lowest BCUT2D eigenvalue weighted by Crippen LogP contribution is -2.29. The zero-order valence-corrected chi connectivity index (χ0v) is 9.44. The van der Waals surface area contributed by atoms with Crippen LogP contribution >= 0.6 is 0 Å². The highest BCUT2D eigenvalue weighted by molar-refractivity contribution is 5.37. The van der Waals surface area contributed by atoms with Gasteiger partial charge in [0, 0.05) is 17.2 Å². The van der Waals surface area contributed by atoms with Gasteiger partial charge in [0.15, 0.2) is 11.6 Å². The lowest BCUT2D eigenvalue weighted by Gasteiger charge is -2.16. The molecule has 0 aliphatic heterocycles. The van der Waals surface area contributed by atoms with Crippen LogP contribution in [0.1, 0.15) is 18.4 Å². The molecule has 0 bridgehead atoms. The summed E-state index contributed by atoms with van der Waals surface area (Å²) in [7, 11) is 3.27. The van der Waals surface area contributed by atoms with Crippen molar-refractivity contribution in [1.29, 1.82) is 0 Å². The van der Waals surface area contributed by atoms with Gasteiger partial charge >= 0.3 is 0 Å². The van der Waals surface area contributed by atoms with E-state index in [0.29, 0.717) is 12.0 Å². The smallest absolute Gasteiger partial charge is 0.168 e. The third-order valence-electron chi connectivity index (χ3n) is 3.20. The molecule has 1 N–H and O–H groups in total. The van der Waals surface area contributed by atoms with Gasteiger partial charge in [0.2, 0.25) is 0 Å². The molecule has 0 unspecified atom stereocenters.